The number of hydrogen-bond donors (Lipinski definition) is 0. The lowest BCUT2D eigenvalue weighted by Gasteiger charge is -2.29. The van der Waals surface area contributed by atoms with Gasteiger partial charge < -0.3 is 14.0 Å². The fraction of sp³-hybridized carbons (Fsp3) is 0.581. The predicted molar refractivity (Wildman–Crippen MR) is 145 cm³/mol. The molecule has 2 aromatic carbocycles. The molecule has 35 heavy (non-hydrogen) atoms. The summed E-state index contributed by atoms with van der Waals surface area (Å²) < 4.78 is 12.3. The van der Waals surface area contributed by atoms with Gasteiger partial charge in [-0.3, -0.25) is 4.79 Å². The van der Waals surface area contributed by atoms with Crippen molar-refractivity contribution in [2.75, 3.05) is 20.6 Å². The first-order valence-corrected chi connectivity index (χ1v) is 13.7. The van der Waals surface area contributed by atoms with Gasteiger partial charge in [-0.05, 0) is 30.5 Å². The Balaban J connectivity index is 1.67. The van der Waals surface area contributed by atoms with Crippen LogP contribution in [-0.2, 0) is 22.5 Å². The number of carbonyl (C=O) groups excluding carboxylic acids is 1. The largest absolute Gasteiger partial charge is 0.455 e. The highest BCUT2D eigenvalue weighted by molar-refractivity contribution is 5.69. The van der Waals surface area contributed by atoms with Gasteiger partial charge in [-0.1, -0.05) is 101 Å². The van der Waals surface area contributed by atoms with Crippen molar-refractivity contribution in [1.82, 2.24) is 0 Å². The Labute approximate surface area is 214 Å². The second kappa shape index (κ2) is 16.4. The van der Waals surface area contributed by atoms with E-state index in [1.165, 1.54) is 62.5 Å². The van der Waals surface area contributed by atoms with Gasteiger partial charge in [0.1, 0.15) is 12.3 Å². The van der Waals surface area contributed by atoms with Crippen LogP contribution in [0.4, 0.5) is 0 Å². The molecular formula is C31H48NO3+. The SMILES string of the molecule is CCCCCCCCCCc1ccc(OC(CC)OC(=O)CC[N+](C)(C)Cc2ccccc2)cc1. The number of esters is 1. The number of quaternary nitrogens is 1. The van der Waals surface area contributed by atoms with Gasteiger partial charge >= 0.3 is 5.97 Å². The maximum atomic E-state index is 12.5. The van der Waals surface area contributed by atoms with E-state index >= 15 is 0 Å². The zero-order chi connectivity index (χ0) is 25.4. The highest BCUT2D eigenvalue weighted by Gasteiger charge is 2.21. The quantitative estimate of drug-likeness (QED) is 0.0945. The molecule has 0 aromatic heterocycles. The Morgan fingerprint density at radius 1 is 0.800 bits per heavy atom. The van der Waals surface area contributed by atoms with Gasteiger partial charge in [0.2, 0.25) is 6.29 Å². The molecule has 0 aliphatic carbocycles. The van der Waals surface area contributed by atoms with Gasteiger partial charge in [-0.15, -0.1) is 0 Å². The topological polar surface area (TPSA) is 35.5 Å². The van der Waals surface area contributed by atoms with Crippen LogP contribution < -0.4 is 4.74 Å². The summed E-state index contributed by atoms with van der Waals surface area (Å²) in [6.45, 7) is 5.84. The van der Waals surface area contributed by atoms with E-state index < -0.39 is 6.29 Å². The third-order valence-corrected chi connectivity index (χ3v) is 6.48. The smallest absolute Gasteiger partial charge is 0.314 e. The van der Waals surface area contributed by atoms with E-state index in [2.05, 4.69) is 57.4 Å². The highest BCUT2D eigenvalue weighted by atomic mass is 16.7. The minimum Gasteiger partial charge on any atom is -0.455 e. The average Bonchev–Trinajstić information content (AvgIpc) is 2.85. The zero-order valence-electron chi connectivity index (χ0n) is 22.6. The van der Waals surface area contributed by atoms with E-state index in [0.29, 0.717) is 12.8 Å². The molecule has 4 heteroatoms. The lowest BCUT2D eigenvalue weighted by atomic mass is 10.0. The fourth-order valence-electron chi connectivity index (χ4n) is 4.30. The third kappa shape index (κ3) is 12.8. The molecule has 0 heterocycles. The summed E-state index contributed by atoms with van der Waals surface area (Å²) in [5.74, 6) is 0.548. The van der Waals surface area contributed by atoms with Crippen molar-refractivity contribution >= 4 is 5.97 Å². The van der Waals surface area contributed by atoms with E-state index in [0.717, 1.165) is 29.7 Å². The Morgan fingerprint density at radius 2 is 1.43 bits per heavy atom. The number of benzene rings is 2. The molecule has 0 fully saturated rings. The van der Waals surface area contributed by atoms with Crippen molar-refractivity contribution in [2.45, 2.75) is 97.3 Å². The number of unbranched alkanes of at least 4 members (excludes halogenated alkanes) is 7. The maximum Gasteiger partial charge on any atom is 0.314 e. The number of carbonyl (C=O) groups is 1. The van der Waals surface area contributed by atoms with Gasteiger partial charge in [-0.25, -0.2) is 0 Å². The van der Waals surface area contributed by atoms with Crippen LogP contribution in [0.25, 0.3) is 0 Å². The molecule has 0 radical (unpaired) electrons. The van der Waals surface area contributed by atoms with Gasteiger partial charge in [-0.2, -0.15) is 0 Å². The minimum atomic E-state index is -0.550. The van der Waals surface area contributed by atoms with E-state index in [1.807, 2.05) is 25.1 Å². The van der Waals surface area contributed by atoms with Gasteiger partial charge in [0.15, 0.2) is 0 Å². The molecule has 0 spiro atoms. The maximum absolute atomic E-state index is 12.5. The average molecular weight is 483 g/mol. The zero-order valence-corrected chi connectivity index (χ0v) is 22.6. The van der Waals surface area contributed by atoms with Crippen molar-refractivity contribution in [3.63, 3.8) is 0 Å². The second-order valence-corrected chi connectivity index (χ2v) is 10.4. The Morgan fingerprint density at radius 3 is 2.06 bits per heavy atom. The summed E-state index contributed by atoms with van der Waals surface area (Å²) in [7, 11) is 4.28. The summed E-state index contributed by atoms with van der Waals surface area (Å²) in [4.78, 5) is 12.5. The van der Waals surface area contributed by atoms with Crippen LogP contribution >= 0.6 is 0 Å². The Bertz CT molecular complexity index is 817. The summed E-state index contributed by atoms with van der Waals surface area (Å²) in [6, 6.07) is 18.6. The third-order valence-electron chi connectivity index (χ3n) is 6.48. The van der Waals surface area contributed by atoms with Crippen molar-refractivity contribution in [3.8, 4) is 5.75 Å². The molecule has 1 atom stereocenters. The molecule has 0 aliphatic heterocycles. The fourth-order valence-corrected chi connectivity index (χ4v) is 4.30. The normalized spacial score (nSPS) is 12.3. The lowest BCUT2D eigenvalue weighted by molar-refractivity contribution is -0.903. The molecule has 2 aromatic rings. The van der Waals surface area contributed by atoms with Crippen LogP contribution in [-0.4, -0.2) is 37.4 Å². The van der Waals surface area contributed by atoms with Crippen molar-refractivity contribution in [3.05, 3.63) is 65.7 Å². The first-order valence-electron chi connectivity index (χ1n) is 13.7. The number of aryl methyl sites for hydroxylation is 1. The summed E-state index contributed by atoms with van der Waals surface area (Å²) in [6.07, 6.45) is 12.3. The van der Waals surface area contributed by atoms with Crippen LogP contribution in [0.5, 0.6) is 5.75 Å². The van der Waals surface area contributed by atoms with Crippen LogP contribution in [0, 0.1) is 0 Å². The molecule has 0 aliphatic rings. The van der Waals surface area contributed by atoms with Crippen LogP contribution in [0.15, 0.2) is 54.6 Å². The standard InChI is InChI=1S/C31H48NO3/c1-5-7-8-9-10-11-12-14-17-27-20-22-29(23-21-27)34-31(6-2)35-30(33)24-25-32(3,4)26-28-18-15-13-16-19-28/h13,15-16,18-23,31H,5-12,14,17,24-26H2,1-4H3/q+1. The monoisotopic (exact) mass is 482 g/mol. The van der Waals surface area contributed by atoms with Crippen LogP contribution in [0.2, 0.25) is 0 Å². The molecule has 0 bridgehead atoms. The summed E-state index contributed by atoms with van der Waals surface area (Å²) in [5.41, 5.74) is 2.61. The molecule has 4 nitrogen and oxygen atoms in total. The molecule has 2 rings (SSSR count). The Kier molecular flexibility index (Phi) is 13.5. The second-order valence-electron chi connectivity index (χ2n) is 10.4. The van der Waals surface area contributed by atoms with Crippen molar-refractivity contribution in [1.29, 1.82) is 0 Å². The number of hydrogen-bond acceptors (Lipinski definition) is 3. The minimum absolute atomic E-state index is 0.206. The van der Waals surface area contributed by atoms with Gasteiger partial charge in [0.05, 0.1) is 27.1 Å². The lowest BCUT2D eigenvalue weighted by Crippen LogP contribution is -2.41. The molecule has 0 N–H and O–H groups in total. The molecule has 1 unspecified atom stereocenters. The summed E-state index contributed by atoms with van der Waals surface area (Å²) in [5, 5.41) is 0. The van der Waals surface area contributed by atoms with Crippen LogP contribution in [0.1, 0.15) is 89.2 Å². The first-order chi connectivity index (χ1) is 16.9. The molecular weight excluding hydrogens is 434 g/mol. The highest BCUT2D eigenvalue weighted by Crippen LogP contribution is 2.18. The number of ether oxygens (including phenoxy) is 2. The van der Waals surface area contributed by atoms with Gasteiger partial charge in [0.25, 0.3) is 0 Å². The van der Waals surface area contributed by atoms with Crippen molar-refractivity contribution < 1.29 is 18.8 Å². The van der Waals surface area contributed by atoms with Gasteiger partial charge in [0, 0.05) is 12.0 Å². The van der Waals surface area contributed by atoms with Crippen LogP contribution in [0.3, 0.4) is 0 Å². The predicted octanol–water partition coefficient (Wildman–Crippen LogP) is 7.69. The molecule has 0 saturated carbocycles. The van der Waals surface area contributed by atoms with E-state index in [9.17, 15) is 4.79 Å². The number of rotatable bonds is 18. The number of nitrogens with zero attached hydrogens (tertiary/aromatic N) is 1. The first kappa shape index (κ1) is 28.9. The van der Waals surface area contributed by atoms with Crippen molar-refractivity contribution in [2.24, 2.45) is 0 Å². The molecule has 0 saturated heterocycles. The van der Waals surface area contributed by atoms with E-state index in [4.69, 9.17) is 9.47 Å². The van der Waals surface area contributed by atoms with E-state index in [1.54, 1.807) is 0 Å². The Hall–Kier alpha value is -2.33. The van der Waals surface area contributed by atoms with E-state index in [-0.39, 0.29) is 5.97 Å². The molecule has 0 amide bonds. The summed E-state index contributed by atoms with van der Waals surface area (Å²) >= 11 is 0. The molecule has 194 valence electrons.